The molecule has 0 spiro atoms. The van der Waals surface area contributed by atoms with Crippen LogP contribution in [0.4, 0.5) is 0 Å². The summed E-state index contributed by atoms with van der Waals surface area (Å²) in [4.78, 5) is 14.5. The zero-order chi connectivity index (χ0) is 17.8. The van der Waals surface area contributed by atoms with Gasteiger partial charge >= 0.3 is 0 Å². The molecular weight excluding hydrogens is 326 g/mol. The Hall–Kier alpha value is -2.69. The lowest BCUT2D eigenvalue weighted by atomic mass is 10.1. The van der Waals surface area contributed by atoms with Crippen molar-refractivity contribution in [2.24, 2.45) is 11.8 Å². The zero-order valence-corrected chi connectivity index (χ0v) is 14.8. The van der Waals surface area contributed by atoms with Crippen LogP contribution in [-0.2, 0) is 4.79 Å². The van der Waals surface area contributed by atoms with E-state index in [2.05, 4.69) is 22.3 Å². The topological polar surface area (TPSA) is 55.3 Å². The van der Waals surface area contributed by atoms with E-state index in [1.165, 1.54) is 0 Å². The Bertz CT molecular complexity index is 766. The van der Waals surface area contributed by atoms with Crippen molar-refractivity contribution in [3.05, 3.63) is 54.6 Å². The van der Waals surface area contributed by atoms with Gasteiger partial charge in [-0.3, -0.25) is 4.79 Å². The highest BCUT2D eigenvalue weighted by molar-refractivity contribution is 5.80. The van der Waals surface area contributed by atoms with Crippen LogP contribution in [0.3, 0.4) is 0 Å². The summed E-state index contributed by atoms with van der Waals surface area (Å²) < 4.78 is 5.81. The summed E-state index contributed by atoms with van der Waals surface area (Å²) in [6.45, 7) is 2.19. The van der Waals surface area contributed by atoms with Crippen molar-refractivity contribution in [2.75, 3.05) is 19.7 Å². The molecule has 1 saturated heterocycles. The third-order valence-electron chi connectivity index (χ3n) is 5.13. The Labute approximate surface area is 153 Å². The number of carbonyl (C=O) groups excluding carboxylic acids is 1. The molecule has 5 nitrogen and oxygen atoms in total. The van der Waals surface area contributed by atoms with Crippen molar-refractivity contribution in [1.29, 1.82) is 0 Å². The quantitative estimate of drug-likeness (QED) is 0.777. The molecule has 1 amide bonds. The van der Waals surface area contributed by atoms with E-state index in [0.717, 1.165) is 43.6 Å². The Morgan fingerprint density at radius 3 is 2.62 bits per heavy atom. The van der Waals surface area contributed by atoms with Crippen molar-refractivity contribution in [3.8, 4) is 17.1 Å². The van der Waals surface area contributed by atoms with E-state index in [9.17, 15) is 4.79 Å². The number of allylic oxidation sites excluding steroid dienone is 2. The van der Waals surface area contributed by atoms with E-state index in [0.29, 0.717) is 24.3 Å². The summed E-state index contributed by atoms with van der Waals surface area (Å²) in [5.74, 6) is 1.36. The van der Waals surface area contributed by atoms with E-state index in [1.807, 2.05) is 47.4 Å². The van der Waals surface area contributed by atoms with Gasteiger partial charge in [0.25, 0.3) is 0 Å². The Balaban J connectivity index is 1.27. The fourth-order valence-corrected chi connectivity index (χ4v) is 3.61. The second-order valence-electron chi connectivity index (χ2n) is 7.01. The number of rotatable bonds is 5. The lowest BCUT2D eigenvalue weighted by molar-refractivity contribution is -0.134. The molecule has 26 heavy (non-hydrogen) atoms. The van der Waals surface area contributed by atoms with Crippen molar-refractivity contribution in [1.82, 2.24) is 15.1 Å². The molecule has 0 radical (unpaired) electrons. The number of aromatic nitrogens is 2. The van der Waals surface area contributed by atoms with E-state index < -0.39 is 0 Å². The minimum absolute atomic E-state index is 0.158. The minimum atomic E-state index is 0.158. The van der Waals surface area contributed by atoms with Crippen LogP contribution in [0.5, 0.6) is 5.88 Å². The number of benzene rings is 1. The predicted octanol–water partition coefficient (Wildman–Crippen LogP) is 3.34. The minimum Gasteiger partial charge on any atom is -0.476 e. The summed E-state index contributed by atoms with van der Waals surface area (Å²) >= 11 is 0. The smallest absolute Gasteiger partial charge is 0.233 e. The molecule has 0 N–H and O–H groups in total. The normalized spacial score (nSPS) is 19.8. The summed E-state index contributed by atoms with van der Waals surface area (Å²) in [6, 6.07) is 13.7. The summed E-state index contributed by atoms with van der Waals surface area (Å²) in [5, 5.41) is 8.42. The molecule has 2 aromatic rings. The van der Waals surface area contributed by atoms with Crippen molar-refractivity contribution < 1.29 is 9.53 Å². The van der Waals surface area contributed by atoms with Crippen molar-refractivity contribution >= 4 is 5.91 Å². The molecule has 0 saturated carbocycles. The molecule has 134 valence electrons. The predicted molar refractivity (Wildman–Crippen MR) is 99.5 cm³/mol. The van der Waals surface area contributed by atoms with Gasteiger partial charge in [0.05, 0.1) is 12.3 Å². The molecule has 1 atom stereocenters. The summed E-state index contributed by atoms with van der Waals surface area (Å²) in [7, 11) is 0. The van der Waals surface area contributed by atoms with Crippen LogP contribution < -0.4 is 4.74 Å². The van der Waals surface area contributed by atoms with Gasteiger partial charge in [0.2, 0.25) is 11.8 Å². The molecule has 1 aliphatic heterocycles. The standard InChI is InChI=1S/C21H23N3O2/c25-21(18-8-4-5-9-18)24-13-12-16(14-24)15-26-20-11-10-19(22-23-20)17-6-2-1-3-7-17/h1-7,10-11,16,18H,8-9,12-15H2. The van der Waals surface area contributed by atoms with Crippen LogP contribution in [0.2, 0.25) is 0 Å². The van der Waals surface area contributed by atoms with E-state index >= 15 is 0 Å². The lowest BCUT2D eigenvalue weighted by Gasteiger charge is -2.20. The number of hydrogen-bond acceptors (Lipinski definition) is 4. The number of likely N-dealkylation sites (tertiary alicyclic amines) is 1. The van der Waals surface area contributed by atoms with E-state index in [4.69, 9.17) is 4.74 Å². The van der Waals surface area contributed by atoms with E-state index in [-0.39, 0.29) is 5.92 Å². The number of carbonyl (C=O) groups is 1. The molecule has 0 bridgehead atoms. The summed E-state index contributed by atoms with van der Waals surface area (Å²) in [6.07, 6.45) is 6.98. The van der Waals surface area contributed by atoms with Gasteiger partial charge in [-0.2, -0.15) is 0 Å². The molecule has 2 aliphatic rings. The van der Waals surface area contributed by atoms with Gasteiger partial charge in [-0.25, -0.2) is 0 Å². The van der Waals surface area contributed by atoms with Crippen molar-refractivity contribution in [2.45, 2.75) is 19.3 Å². The van der Waals surface area contributed by atoms with Gasteiger partial charge in [-0.15, -0.1) is 10.2 Å². The first kappa shape index (κ1) is 16.8. The molecule has 1 unspecified atom stereocenters. The lowest BCUT2D eigenvalue weighted by Crippen LogP contribution is -2.34. The Kier molecular flexibility index (Phi) is 4.95. The van der Waals surface area contributed by atoms with Crippen LogP contribution in [-0.4, -0.2) is 40.7 Å². The SMILES string of the molecule is O=C(C1CC=CC1)N1CCC(COc2ccc(-c3ccccc3)nn2)C1. The van der Waals surface area contributed by atoms with Crippen LogP contribution in [0.1, 0.15) is 19.3 Å². The van der Waals surface area contributed by atoms with Gasteiger partial charge in [0.15, 0.2) is 0 Å². The largest absolute Gasteiger partial charge is 0.476 e. The van der Waals surface area contributed by atoms with Crippen LogP contribution in [0.15, 0.2) is 54.6 Å². The molecule has 1 aliphatic carbocycles. The third-order valence-corrected chi connectivity index (χ3v) is 5.13. The van der Waals surface area contributed by atoms with Gasteiger partial charge in [-0.05, 0) is 25.3 Å². The van der Waals surface area contributed by atoms with Crippen LogP contribution in [0.25, 0.3) is 11.3 Å². The Morgan fingerprint density at radius 2 is 1.88 bits per heavy atom. The van der Waals surface area contributed by atoms with Gasteiger partial charge in [-0.1, -0.05) is 42.5 Å². The maximum Gasteiger partial charge on any atom is 0.233 e. The second-order valence-corrected chi connectivity index (χ2v) is 7.01. The highest BCUT2D eigenvalue weighted by Gasteiger charge is 2.31. The molecular formula is C21H23N3O2. The van der Waals surface area contributed by atoms with E-state index in [1.54, 1.807) is 0 Å². The highest BCUT2D eigenvalue weighted by Crippen LogP contribution is 2.25. The number of ether oxygens (including phenoxy) is 1. The van der Waals surface area contributed by atoms with Gasteiger partial charge in [0.1, 0.15) is 0 Å². The average Bonchev–Trinajstić information content (AvgIpc) is 3.39. The number of amides is 1. The first-order valence-corrected chi connectivity index (χ1v) is 9.25. The maximum atomic E-state index is 12.5. The molecule has 2 heterocycles. The number of nitrogens with zero attached hydrogens (tertiary/aromatic N) is 3. The second kappa shape index (κ2) is 7.68. The first-order chi connectivity index (χ1) is 12.8. The molecule has 1 fully saturated rings. The zero-order valence-electron chi connectivity index (χ0n) is 14.8. The molecule has 5 heteroatoms. The maximum absolute atomic E-state index is 12.5. The first-order valence-electron chi connectivity index (χ1n) is 9.25. The Morgan fingerprint density at radius 1 is 1.08 bits per heavy atom. The fourth-order valence-electron chi connectivity index (χ4n) is 3.61. The highest BCUT2D eigenvalue weighted by atomic mass is 16.5. The van der Waals surface area contributed by atoms with Crippen LogP contribution >= 0.6 is 0 Å². The molecule has 4 rings (SSSR count). The summed E-state index contributed by atoms with van der Waals surface area (Å²) in [5.41, 5.74) is 1.87. The number of hydrogen-bond donors (Lipinski definition) is 0. The van der Waals surface area contributed by atoms with Crippen molar-refractivity contribution in [3.63, 3.8) is 0 Å². The van der Waals surface area contributed by atoms with Gasteiger partial charge in [0, 0.05) is 36.6 Å². The molecule has 1 aromatic heterocycles. The molecule has 1 aromatic carbocycles. The third kappa shape index (κ3) is 3.77. The monoisotopic (exact) mass is 349 g/mol. The fraction of sp³-hybridized carbons (Fsp3) is 0.381. The average molecular weight is 349 g/mol. The van der Waals surface area contributed by atoms with Crippen LogP contribution in [0, 0.1) is 11.8 Å². The van der Waals surface area contributed by atoms with Gasteiger partial charge < -0.3 is 9.64 Å².